The molecule has 0 aliphatic heterocycles. The molecular weight excluding hydrogens is 220 g/mol. The normalized spacial score (nSPS) is 26.1. The minimum Gasteiger partial charge on any atom is -0.508 e. The summed E-state index contributed by atoms with van der Waals surface area (Å²) in [6.45, 7) is 6.45. The largest absolute Gasteiger partial charge is 0.508 e. The maximum absolute atomic E-state index is 9.35. The highest BCUT2D eigenvalue weighted by molar-refractivity contribution is 5.60. The van der Waals surface area contributed by atoms with Gasteiger partial charge in [-0.2, -0.15) is 0 Å². The topological polar surface area (TPSA) is 20.2 Å². The molecule has 0 saturated heterocycles. The second kappa shape index (κ2) is 3.74. The van der Waals surface area contributed by atoms with E-state index >= 15 is 0 Å². The van der Waals surface area contributed by atoms with Crippen molar-refractivity contribution in [2.45, 2.75) is 18.3 Å². The zero-order valence-electron chi connectivity index (χ0n) is 10.4. The first-order valence-corrected chi connectivity index (χ1v) is 6.18. The summed E-state index contributed by atoms with van der Waals surface area (Å²) in [4.78, 5) is 0. The van der Waals surface area contributed by atoms with Gasteiger partial charge in [0.15, 0.2) is 0 Å². The van der Waals surface area contributed by atoms with Crippen LogP contribution in [0, 0.1) is 0 Å². The molecular formula is C17H16O. The van der Waals surface area contributed by atoms with Gasteiger partial charge in [0.25, 0.3) is 0 Å². The molecule has 0 spiro atoms. The molecule has 18 heavy (non-hydrogen) atoms. The number of aromatic hydroxyl groups is 1. The molecule has 1 saturated carbocycles. The summed E-state index contributed by atoms with van der Waals surface area (Å²) in [6, 6.07) is 17.9. The van der Waals surface area contributed by atoms with Gasteiger partial charge in [-0.25, -0.2) is 0 Å². The number of hydrogen-bond acceptors (Lipinski definition) is 1. The zero-order valence-corrected chi connectivity index (χ0v) is 10.4. The van der Waals surface area contributed by atoms with E-state index in [0.717, 1.165) is 0 Å². The molecule has 1 fully saturated rings. The summed E-state index contributed by atoms with van der Waals surface area (Å²) >= 11 is 0. The Labute approximate surface area is 107 Å². The highest BCUT2D eigenvalue weighted by Crippen LogP contribution is 2.64. The van der Waals surface area contributed by atoms with E-state index < -0.39 is 0 Å². The second-order valence-electron chi connectivity index (χ2n) is 5.12. The van der Waals surface area contributed by atoms with Crippen molar-refractivity contribution in [3.63, 3.8) is 0 Å². The predicted octanol–water partition coefficient (Wildman–Crippen LogP) is 4.00. The van der Waals surface area contributed by atoms with Crippen LogP contribution < -0.4 is 0 Å². The number of allylic oxidation sites excluding steroid dienone is 1. The molecule has 2 unspecified atom stereocenters. The van der Waals surface area contributed by atoms with Gasteiger partial charge in [-0.1, -0.05) is 61.5 Å². The van der Waals surface area contributed by atoms with Crippen LogP contribution in [0.3, 0.4) is 0 Å². The smallest absolute Gasteiger partial charge is 0.115 e. The number of rotatable bonds is 2. The van der Waals surface area contributed by atoms with E-state index in [0.29, 0.717) is 11.7 Å². The SMILES string of the molecule is C=C1C(c2ccc(O)cc2)C1(C)c1ccccc1. The monoisotopic (exact) mass is 236 g/mol. The zero-order chi connectivity index (χ0) is 12.8. The molecule has 3 rings (SSSR count). The minimum absolute atomic E-state index is 0.0399. The maximum Gasteiger partial charge on any atom is 0.115 e. The van der Waals surface area contributed by atoms with Crippen LogP contribution in [0.15, 0.2) is 66.7 Å². The third kappa shape index (κ3) is 1.47. The second-order valence-corrected chi connectivity index (χ2v) is 5.12. The Morgan fingerprint density at radius 3 is 2.22 bits per heavy atom. The molecule has 2 aromatic rings. The van der Waals surface area contributed by atoms with Crippen LogP contribution in [0.1, 0.15) is 24.0 Å². The van der Waals surface area contributed by atoms with Crippen molar-refractivity contribution in [1.82, 2.24) is 0 Å². The summed E-state index contributed by atoms with van der Waals surface area (Å²) in [7, 11) is 0. The van der Waals surface area contributed by atoms with Crippen molar-refractivity contribution in [1.29, 1.82) is 0 Å². The van der Waals surface area contributed by atoms with Gasteiger partial charge in [0.2, 0.25) is 0 Å². The Hall–Kier alpha value is -2.02. The lowest BCUT2D eigenvalue weighted by molar-refractivity contribution is 0.475. The Morgan fingerprint density at radius 1 is 1.00 bits per heavy atom. The van der Waals surface area contributed by atoms with Crippen molar-refractivity contribution in [2.24, 2.45) is 0 Å². The van der Waals surface area contributed by atoms with Gasteiger partial charge in [-0.15, -0.1) is 0 Å². The minimum atomic E-state index is 0.0399. The lowest BCUT2D eigenvalue weighted by atomic mass is 9.92. The molecule has 1 heteroatoms. The van der Waals surface area contributed by atoms with Crippen molar-refractivity contribution in [3.05, 3.63) is 77.9 Å². The molecule has 0 radical (unpaired) electrons. The first-order chi connectivity index (χ1) is 8.64. The molecule has 1 aliphatic carbocycles. The molecule has 2 atom stereocenters. The Bertz CT molecular complexity index is 583. The highest BCUT2D eigenvalue weighted by atomic mass is 16.3. The third-order valence-corrected chi connectivity index (χ3v) is 4.11. The number of phenolic OH excluding ortho intramolecular Hbond substituents is 1. The van der Waals surface area contributed by atoms with E-state index in [9.17, 15) is 5.11 Å². The molecule has 1 N–H and O–H groups in total. The fourth-order valence-electron chi connectivity index (χ4n) is 2.85. The summed E-state index contributed by atoms with van der Waals surface area (Å²) in [5.41, 5.74) is 3.83. The van der Waals surface area contributed by atoms with Crippen LogP contribution in [0.5, 0.6) is 5.75 Å². The van der Waals surface area contributed by atoms with Crippen molar-refractivity contribution >= 4 is 0 Å². The third-order valence-electron chi connectivity index (χ3n) is 4.11. The van der Waals surface area contributed by atoms with E-state index in [4.69, 9.17) is 0 Å². The van der Waals surface area contributed by atoms with Gasteiger partial charge in [0.1, 0.15) is 5.75 Å². The fourth-order valence-corrected chi connectivity index (χ4v) is 2.85. The Kier molecular flexibility index (Phi) is 2.30. The van der Waals surface area contributed by atoms with E-state index in [1.54, 1.807) is 12.1 Å². The highest BCUT2D eigenvalue weighted by Gasteiger charge is 2.56. The fraction of sp³-hybridized carbons (Fsp3) is 0.176. The molecule has 90 valence electrons. The van der Waals surface area contributed by atoms with Crippen molar-refractivity contribution in [3.8, 4) is 5.75 Å². The van der Waals surface area contributed by atoms with Gasteiger partial charge >= 0.3 is 0 Å². The quantitative estimate of drug-likeness (QED) is 0.781. The van der Waals surface area contributed by atoms with Gasteiger partial charge in [-0.05, 0) is 23.3 Å². The predicted molar refractivity (Wildman–Crippen MR) is 73.8 cm³/mol. The lowest BCUT2D eigenvalue weighted by Gasteiger charge is -2.11. The summed E-state index contributed by atoms with van der Waals surface area (Å²) < 4.78 is 0. The van der Waals surface area contributed by atoms with Crippen LogP contribution in [0.2, 0.25) is 0 Å². The average Bonchev–Trinajstić information content (AvgIpc) is 2.96. The van der Waals surface area contributed by atoms with Crippen LogP contribution in [-0.4, -0.2) is 5.11 Å². The summed E-state index contributed by atoms with van der Waals surface area (Å²) in [5, 5.41) is 9.35. The van der Waals surface area contributed by atoms with Crippen molar-refractivity contribution < 1.29 is 5.11 Å². The average molecular weight is 236 g/mol. The number of hydrogen-bond donors (Lipinski definition) is 1. The van der Waals surface area contributed by atoms with E-state index in [2.05, 4.69) is 37.8 Å². The number of phenols is 1. The standard InChI is InChI=1S/C17H16O/c1-12-16(13-8-10-15(18)11-9-13)17(12,2)14-6-4-3-5-7-14/h3-11,16,18H,1H2,2H3. The Balaban J connectivity index is 1.98. The number of benzene rings is 2. The summed E-state index contributed by atoms with van der Waals surface area (Å²) in [6.07, 6.45) is 0. The van der Waals surface area contributed by atoms with Gasteiger partial charge in [0.05, 0.1) is 0 Å². The van der Waals surface area contributed by atoms with Gasteiger partial charge in [-0.3, -0.25) is 0 Å². The lowest BCUT2D eigenvalue weighted by Crippen LogP contribution is -2.03. The van der Waals surface area contributed by atoms with Crippen LogP contribution >= 0.6 is 0 Å². The van der Waals surface area contributed by atoms with E-state index in [1.165, 1.54) is 16.7 Å². The van der Waals surface area contributed by atoms with Gasteiger partial charge in [0, 0.05) is 11.3 Å². The van der Waals surface area contributed by atoms with Crippen LogP contribution in [0.25, 0.3) is 0 Å². The van der Waals surface area contributed by atoms with Gasteiger partial charge < -0.3 is 5.11 Å². The van der Waals surface area contributed by atoms with E-state index in [1.807, 2.05) is 18.2 Å². The maximum atomic E-state index is 9.35. The molecule has 0 heterocycles. The first kappa shape index (κ1) is 11.1. The summed E-state index contributed by atoms with van der Waals surface area (Å²) in [5.74, 6) is 0.673. The molecule has 1 aliphatic rings. The molecule has 1 nitrogen and oxygen atoms in total. The first-order valence-electron chi connectivity index (χ1n) is 6.18. The van der Waals surface area contributed by atoms with Crippen LogP contribution in [0.4, 0.5) is 0 Å². The Morgan fingerprint density at radius 2 is 1.61 bits per heavy atom. The molecule has 0 amide bonds. The molecule has 0 bridgehead atoms. The molecule has 2 aromatic carbocycles. The van der Waals surface area contributed by atoms with Crippen LogP contribution in [-0.2, 0) is 5.41 Å². The van der Waals surface area contributed by atoms with E-state index in [-0.39, 0.29) is 5.41 Å². The molecule has 0 aromatic heterocycles. The van der Waals surface area contributed by atoms with Crippen molar-refractivity contribution in [2.75, 3.05) is 0 Å².